The Bertz CT molecular complexity index is 450. The van der Waals surface area contributed by atoms with Crippen LogP contribution in [0.4, 0.5) is 11.4 Å². The zero-order valence-corrected chi connectivity index (χ0v) is 13.6. The Morgan fingerprint density at radius 1 is 1.35 bits per heavy atom. The molecule has 1 aromatic carbocycles. The van der Waals surface area contributed by atoms with Crippen molar-refractivity contribution in [3.63, 3.8) is 0 Å². The molecule has 20 heavy (non-hydrogen) atoms. The first-order valence-electron chi connectivity index (χ1n) is 6.92. The van der Waals surface area contributed by atoms with Gasteiger partial charge < -0.3 is 16.4 Å². The largest absolute Gasteiger partial charge is 0.399 e. The number of nitrogens with two attached hydrogens (primary N) is 1. The van der Waals surface area contributed by atoms with E-state index in [1.165, 1.54) is 0 Å². The van der Waals surface area contributed by atoms with Crippen LogP contribution in [0, 0.1) is 0 Å². The van der Waals surface area contributed by atoms with E-state index >= 15 is 0 Å². The van der Waals surface area contributed by atoms with Gasteiger partial charge in [-0.3, -0.25) is 4.79 Å². The summed E-state index contributed by atoms with van der Waals surface area (Å²) < 4.78 is 0.185. The Morgan fingerprint density at radius 2 is 2.00 bits per heavy atom. The van der Waals surface area contributed by atoms with Crippen LogP contribution < -0.4 is 16.4 Å². The van der Waals surface area contributed by atoms with Crippen LogP contribution in [0.2, 0.25) is 0 Å². The lowest BCUT2D eigenvalue weighted by Gasteiger charge is -2.30. The summed E-state index contributed by atoms with van der Waals surface area (Å²) in [6, 6.07) is 5.33. The topological polar surface area (TPSA) is 67.1 Å². The SMILES string of the molecule is CCC(CC)(CNc1cc(N)ccc1C(=O)NC)SC. The zero-order chi connectivity index (χ0) is 15.2. The predicted molar refractivity (Wildman–Crippen MR) is 89.6 cm³/mol. The van der Waals surface area contributed by atoms with E-state index in [0.29, 0.717) is 11.3 Å². The fraction of sp³-hybridized carbons (Fsp3) is 0.533. The third kappa shape index (κ3) is 3.82. The van der Waals surface area contributed by atoms with Crippen molar-refractivity contribution < 1.29 is 4.79 Å². The van der Waals surface area contributed by atoms with Crippen LogP contribution >= 0.6 is 11.8 Å². The summed E-state index contributed by atoms with van der Waals surface area (Å²) in [6.45, 7) is 5.20. The van der Waals surface area contributed by atoms with E-state index < -0.39 is 0 Å². The normalized spacial score (nSPS) is 11.2. The summed E-state index contributed by atoms with van der Waals surface area (Å²) >= 11 is 1.87. The summed E-state index contributed by atoms with van der Waals surface area (Å²) in [5, 5.41) is 6.06. The zero-order valence-electron chi connectivity index (χ0n) is 12.7. The summed E-state index contributed by atoms with van der Waals surface area (Å²) in [6.07, 6.45) is 4.29. The van der Waals surface area contributed by atoms with Crippen molar-refractivity contribution in [3.05, 3.63) is 23.8 Å². The van der Waals surface area contributed by atoms with Crippen LogP contribution in [0.15, 0.2) is 18.2 Å². The molecule has 0 unspecified atom stereocenters. The van der Waals surface area contributed by atoms with Crippen LogP contribution in [0.1, 0.15) is 37.0 Å². The molecule has 0 aliphatic heterocycles. The van der Waals surface area contributed by atoms with Crippen LogP contribution in [-0.2, 0) is 0 Å². The molecule has 1 rings (SSSR count). The number of thioether (sulfide) groups is 1. The second-order valence-corrected chi connectivity index (χ2v) is 6.11. The van der Waals surface area contributed by atoms with E-state index in [-0.39, 0.29) is 10.7 Å². The van der Waals surface area contributed by atoms with E-state index in [1.807, 2.05) is 17.8 Å². The second kappa shape index (κ2) is 7.43. The van der Waals surface area contributed by atoms with Gasteiger partial charge in [-0.25, -0.2) is 0 Å². The number of hydrogen-bond acceptors (Lipinski definition) is 4. The monoisotopic (exact) mass is 295 g/mol. The highest BCUT2D eigenvalue weighted by molar-refractivity contribution is 8.00. The quantitative estimate of drug-likeness (QED) is 0.677. The van der Waals surface area contributed by atoms with Gasteiger partial charge in [-0.15, -0.1) is 0 Å². The van der Waals surface area contributed by atoms with Crippen LogP contribution in [-0.4, -0.2) is 30.5 Å². The summed E-state index contributed by atoms with van der Waals surface area (Å²) in [5.41, 5.74) is 7.91. The molecule has 0 aromatic heterocycles. The Labute approximate surface area is 125 Å². The Hall–Kier alpha value is -1.36. The van der Waals surface area contributed by atoms with Gasteiger partial charge in [0.1, 0.15) is 0 Å². The van der Waals surface area contributed by atoms with Crippen LogP contribution in [0.25, 0.3) is 0 Å². The number of anilines is 2. The van der Waals surface area contributed by atoms with Crippen molar-refractivity contribution in [2.24, 2.45) is 0 Å². The summed E-state index contributed by atoms with van der Waals surface area (Å²) in [7, 11) is 1.63. The lowest BCUT2D eigenvalue weighted by molar-refractivity contribution is 0.0964. The number of nitrogens with one attached hydrogen (secondary N) is 2. The molecule has 0 fully saturated rings. The molecule has 0 saturated carbocycles. The van der Waals surface area contributed by atoms with Gasteiger partial charge in [0, 0.05) is 29.7 Å². The molecule has 0 aliphatic rings. The van der Waals surface area contributed by atoms with Crippen LogP contribution in [0.5, 0.6) is 0 Å². The van der Waals surface area contributed by atoms with Gasteiger partial charge in [0.25, 0.3) is 5.91 Å². The fourth-order valence-electron chi connectivity index (χ4n) is 2.16. The van der Waals surface area contributed by atoms with E-state index in [9.17, 15) is 4.79 Å². The molecular formula is C15H25N3OS. The lowest BCUT2D eigenvalue weighted by atomic mass is 10.0. The molecule has 0 spiro atoms. The minimum absolute atomic E-state index is 0.102. The molecule has 1 amide bonds. The maximum Gasteiger partial charge on any atom is 0.253 e. The molecule has 0 bridgehead atoms. The van der Waals surface area contributed by atoms with E-state index in [4.69, 9.17) is 5.73 Å². The second-order valence-electron chi connectivity index (χ2n) is 4.83. The van der Waals surface area contributed by atoms with Crippen molar-refractivity contribution in [2.45, 2.75) is 31.4 Å². The molecule has 5 heteroatoms. The molecule has 0 aliphatic carbocycles. The Morgan fingerprint density at radius 3 is 2.50 bits per heavy atom. The van der Waals surface area contributed by atoms with Gasteiger partial charge in [0.05, 0.1) is 5.56 Å². The predicted octanol–water partition coefficient (Wildman–Crippen LogP) is 2.96. The van der Waals surface area contributed by atoms with Gasteiger partial charge in [-0.1, -0.05) is 13.8 Å². The Kier molecular flexibility index (Phi) is 6.20. The lowest BCUT2D eigenvalue weighted by Crippen LogP contribution is -2.32. The van der Waals surface area contributed by atoms with Gasteiger partial charge in [0.2, 0.25) is 0 Å². The van der Waals surface area contributed by atoms with Crippen molar-refractivity contribution in [2.75, 3.05) is 30.9 Å². The molecule has 112 valence electrons. The fourth-order valence-corrected chi connectivity index (χ4v) is 2.95. The number of carbonyl (C=O) groups is 1. The maximum absolute atomic E-state index is 11.9. The summed E-state index contributed by atoms with van der Waals surface area (Å²) in [4.78, 5) is 11.9. The first-order chi connectivity index (χ1) is 9.51. The minimum Gasteiger partial charge on any atom is -0.399 e. The number of amides is 1. The van der Waals surface area contributed by atoms with E-state index in [0.717, 1.165) is 25.1 Å². The van der Waals surface area contributed by atoms with Gasteiger partial charge in [0.15, 0.2) is 0 Å². The average Bonchev–Trinajstić information content (AvgIpc) is 2.48. The van der Waals surface area contributed by atoms with Crippen LogP contribution in [0.3, 0.4) is 0 Å². The number of rotatable bonds is 7. The average molecular weight is 295 g/mol. The van der Waals surface area contributed by atoms with Crippen molar-refractivity contribution in [1.29, 1.82) is 0 Å². The smallest absolute Gasteiger partial charge is 0.253 e. The highest BCUT2D eigenvalue weighted by Gasteiger charge is 2.25. The molecule has 0 atom stereocenters. The van der Waals surface area contributed by atoms with Gasteiger partial charge in [-0.05, 0) is 37.3 Å². The molecule has 0 heterocycles. The number of benzene rings is 1. The number of hydrogen-bond donors (Lipinski definition) is 3. The third-order valence-corrected chi connectivity index (χ3v) is 5.43. The van der Waals surface area contributed by atoms with E-state index in [1.54, 1.807) is 19.2 Å². The van der Waals surface area contributed by atoms with Crippen molar-refractivity contribution >= 4 is 29.0 Å². The number of nitrogen functional groups attached to an aromatic ring is 1. The first-order valence-corrected chi connectivity index (χ1v) is 8.15. The minimum atomic E-state index is -0.102. The molecule has 0 radical (unpaired) electrons. The highest BCUT2D eigenvalue weighted by atomic mass is 32.2. The van der Waals surface area contributed by atoms with Gasteiger partial charge >= 0.3 is 0 Å². The maximum atomic E-state index is 11.9. The van der Waals surface area contributed by atoms with Crippen molar-refractivity contribution in [1.82, 2.24) is 5.32 Å². The van der Waals surface area contributed by atoms with Gasteiger partial charge in [-0.2, -0.15) is 11.8 Å². The highest BCUT2D eigenvalue weighted by Crippen LogP contribution is 2.31. The number of carbonyl (C=O) groups excluding carboxylic acids is 1. The molecule has 0 saturated heterocycles. The van der Waals surface area contributed by atoms with E-state index in [2.05, 4.69) is 30.7 Å². The summed E-state index contributed by atoms with van der Waals surface area (Å²) in [5.74, 6) is -0.102. The Balaban J connectivity index is 2.96. The van der Waals surface area contributed by atoms with Crippen molar-refractivity contribution in [3.8, 4) is 0 Å². The molecule has 1 aromatic rings. The molecule has 4 nitrogen and oxygen atoms in total. The first kappa shape index (κ1) is 16.7. The third-order valence-electron chi connectivity index (χ3n) is 3.84. The standard InChI is InChI=1S/C15H25N3OS/c1-5-15(6-2,20-4)10-18-13-9-11(16)7-8-12(13)14(19)17-3/h7-9,18H,5-6,10,16H2,1-4H3,(H,17,19). The molecule has 4 N–H and O–H groups in total. The molecular weight excluding hydrogens is 270 g/mol.